The molecule has 5 heteroatoms. The van der Waals surface area contributed by atoms with Crippen LogP contribution in [0.3, 0.4) is 0 Å². The molecule has 0 radical (unpaired) electrons. The van der Waals surface area contributed by atoms with Crippen LogP contribution in [-0.2, 0) is 4.79 Å². The molecule has 0 spiro atoms. The van der Waals surface area contributed by atoms with Gasteiger partial charge in [0.15, 0.2) is 0 Å². The molecule has 2 N–H and O–H groups in total. The van der Waals surface area contributed by atoms with Crippen molar-refractivity contribution < 1.29 is 14.7 Å². The van der Waals surface area contributed by atoms with Crippen molar-refractivity contribution in [2.24, 2.45) is 23.7 Å². The van der Waals surface area contributed by atoms with E-state index in [0.717, 1.165) is 25.8 Å². The van der Waals surface area contributed by atoms with Crippen molar-refractivity contribution >= 4 is 12.0 Å². The molecule has 0 saturated heterocycles. The number of carbonyl (C=O) groups excluding carboxylic acids is 1. The van der Waals surface area contributed by atoms with Crippen LogP contribution in [-0.4, -0.2) is 40.6 Å². The van der Waals surface area contributed by atoms with Gasteiger partial charge in [0, 0.05) is 18.6 Å². The van der Waals surface area contributed by atoms with Gasteiger partial charge in [-0.05, 0) is 63.7 Å². The molecule has 2 bridgehead atoms. The molecule has 0 aromatic heterocycles. The summed E-state index contributed by atoms with van der Waals surface area (Å²) >= 11 is 0. The largest absolute Gasteiger partial charge is 0.481 e. The lowest BCUT2D eigenvalue weighted by molar-refractivity contribution is -0.144. The number of nitrogens with one attached hydrogen (secondary N) is 1. The van der Waals surface area contributed by atoms with Gasteiger partial charge < -0.3 is 15.3 Å². The van der Waals surface area contributed by atoms with Crippen molar-refractivity contribution in [1.82, 2.24) is 10.2 Å². The molecule has 3 rings (SSSR count). The molecule has 4 atom stereocenters. The van der Waals surface area contributed by atoms with Crippen LogP contribution in [0.5, 0.6) is 0 Å². The number of hydrogen-bond acceptors (Lipinski definition) is 2. The second-order valence-corrected chi connectivity index (χ2v) is 7.36. The van der Waals surface area contributed by atoms with Gasteiger partial charge in [-0.2, -0.15) is 0 Å². The lowest BCUT2D eigenvalue weighted by atomic mass is 9.84. The Labute approximate surface area is 126 Å². The molecule has 0 aromatic carbocycles. The van der Waals surface area contributed by atoms with Crippen LogP contribution in [0.25, 0.3) is 0 Å². The lowest BCUT2D eigenvalue weighted by Gasteiger charge is -2.33. The molecular weight excluding hydrogens is 268 g/mol. The zero-order valence-corrected chi connectivity index (χ0v) is 12.9. The summed E-state index contributed by atoms with van der Waals surface area (Å²) in [5.41, 5.74) is 0. The minimum atomic E-state index is -0.745. The molecule has 2 amide bonds. The molecule has 118 valence electrons. The lowest BCUT2D eigenvalue weighted by Crippen LogP contribution is -2.53. The third kappa shape index (κ3) is 2.87. The minimum absolute atomic E-state index is 0.0688. The van der Waals surface area contributed by atoms with Gasteiger partial charge in [0.25, 0.3) is 0 Å². The first-order valence-electron chi connectivity index (χ1n) is 8.27. The van der Waals surface area contributed by atoms with E-state index in [1.54, 1.807) is 0 Å². The summed E-state index contributed by atoms with van der Waals surface area (Å²) < 4.78 is 0. The van der Waals surface area contributed by atoms with Crippen LogP contribution in [0.15, 0.2) is 0 Å². The number of nitrogens with zero attached hydrogens (tertiary/aromatic N) is 1. The fourth-order valence-electron chi connectivity index (χ4n) is 4.19. The van der Waals surface area contributed by atoms with E-state index >= 15 is 0 Å². The normalized spacial score (nSPS) is 34.2. The van der Waals surface area contributed by atoms with Gasteiger partial charge in [-0.1, -0.05) is 0 Å². The number of aliphatic carboxylic acids is 1. The SMILES string of the molecule is CC(C)N(CC1CC1)C(=O)NC1C2CCC(C2)C1C(=O)O. The Balaban J connectivity index is 1.66. The Morgan fingerprint density at radius 3 is 2.43 bits per heavy atom. The second kappa shape index (κ2) is 5.50. The van der Waals surface area contributed by atoms with Crippen LogP contribution >= 0.6 is 0 Å². The Morgan fingerprint density at radius 2 is 1.86 bits per heavy atom. The number of carboxylic acid groups (broad SMARTS) is 1. The third-order valence-corrected chi connectivity index (χ3v) is 5.53. The molecule has 3 fully saturated rings. The third-order valence-electron chi connectivity index (χ3n) is 5.53. The maximum Gasteiger partial charge on any atom is 0.317 e. The Kier molecular flexibility index (Phi) is 3.84. The average Bonchev–Trinajstić information content (AvgIpc) is 3.01. The van der Waals surface area contributed by atoms with Gasteiger partial charge in [-0.3, -0.25) is 4.79 Å². The molecule has 0 aliphatic heterocycles. The maximum absolute atomic E-state index is 12.6. The van der Waals surface area contributed by atoms with Gasteiger partial charge in [0.2, 0.25) is 0 Å². The first-order valence-corrected chi connectivity index (χ1v) is 8.27. The summed E-state index contributed by atoms with van der Waals surface area (Å²) in [7, 11) is 0. The number of amides is 2. The molecule has 0 heterocycles. The highest BCUT2D eigenvalue weighted by molar-refractivity contribution is 5.78. The fraction of sp³-hybridized carbons (Fsp3) is 0.875. The maximum atomic E-state index is 12.6. The Hall–Kier alpha value is -1.26. The minimum Gasteiger partial charge on any atom is -0.481 e. The number of rotatable bonds is 5. The molecule has 4 unspecified atom stereocenters. The van der Waals surface area contributed by atoms with Crippen LogP contribution in [0.4, 0.5) is 4.79 Å². The highest BCUT2D eigenvalue weighted by atomic mass is 16.4. The van der Waals surface area contributed by atoms with Gasteiger partial charge in [0.1, 0.15) is 0 Å². The number of carbonyl (C=O) groups is 2. The smallest absolute Gasteiger partial charge is 0.317 e. The van der Waals surface area contributed by atoms with Crippen LogP contribution in [0.1, 0.15) is 46.0 Å². The average molecular weight is 294 g/mol. The molecule has 3 saturated carbocycles. The standard InChI is InChI=1S/C16H26N2O3/c1-9(2)18(8-10-3-4-10)16(21)17-14-12-6-5-11(7-12)13(14)15(19)20/h9-14H,3-8H2,1-2H3,(H,17,21)(H,19,20). The van der Waals surface area contributed by atoms with Gasteiger partial charge in [-0.15, -0.1) is 0 Å². The Morgan fingerprint density at radius 1 is 1.19 bits per heavy atom. The van der Waals surface area contributed by atoms with E-state index < -0.39 is 5.97 Å². The van der Waals surface area contributed by atoms with Crippen molar-refractivity contribution in [3.05, 3.63) is 0 Å². The molecule has 3 aliphatic rings. The van der Waals surface area contributed by atoms with Gasteiger partial charge in [-0.25, -0.2) is 4.79 Å². The quantitative estimate of drug-likeness (QED) is 0.817. The number of fused-ring (bicyclic) bond motifs is 2. The van der Waals surface area contributed by atoms with Crippen LogP contribution in [0, 0.1) is 23.7 Å². The topological polar surface area (TPSA) is 69.6 Å². The first kappa shape index (κ1) is 14.7. The molecule has 0 aromatic rings. The van der Waals surface area contributed by atoms with E-state index in [1.807, 2.05) is 18.7 Å². The van der Waals surface area contributed by atoms with Gasteiger partial charge >= 0.3 is 12.0 Å². The summed E-state index contributed by atoms with van der Waals surface area (Å²) in [6.45, 7) is 4.86. The van der Waals surface area contributed by atoms with E-state index in [-0.39, 0.29) is 30.0 Å². The predicted octanol–water partition coefficient (Wildman–Crippen LogP) is 2.32. The number of urea groups is 1. The van der Waals surface area contributed by atoms with Crippen LogP contribution in [0.2, 0.25) is 0 Å². The first-order chi connectivity index (χ1) is 9.97. The monoisotopic (exact) mass is 294 g/mol. The second-order valence-electron chi connectivity index (χ2n) is 7.36. The highest BCUT2D eigenvalue weighted by Crippen LogP contribution is 2.48. The van der Waals surface area contributed by atoms with Crippen molar-refractivity contribution in [3.63, 3.8) is 0 Å². The van der Waals surface area contributed by atoms with E-state index in [1.165, 1.54) is 12.8 Å². The molecule has 5 nitrogen and oxygen atoms in total. The van der Waals surface area contributed by atoms with Crippen molar-refractivity contribution in [2.75, 3.05) is 6.54 Å². The van der Waals surface area contributed by atoms with E-state index in [0.29, 0.717) is 11.8 Å². The zero-order chi connectivity index (χ0) is 15.1. The molecular formula is C16H26N2O3. The summed E-state index contributed by atoms with van der Waals surface area (Å²) in [4.78, 5) is 26.0. The fourth-order valence-corrected chi connectivity index (χ4v) is 4.19. The summed E-state index contributed by atoms with van der Waals surface area (Å²) in [6, 6.07) is -0.0811. The summed E-state index contributed by atoms with van der Waals surface area (Å²) in [6.07, 6.45) is 5.45. The molecule has 21 heavy (non-hydrogen) atoms. The summed E-state index contributed by atoms with van der Waals surface area (Å²) in [5, 5.41) is 12.5. The molecule has 3 aliphatic carbocycles. The van der Waals surface area contributed by atoms with Gasteiger partial charge in [0.05, 0.1) is 5.92 Å². The van der Waals surface area contributed by atoms with Crippen molar-refractivity contribution in [3.8, 4) is 0 Å². The van der Waals surface area contributed by atoms with Crippen molar-refractivity contribution in [2.45, 2.75) is 58.0 Å². The summed E-state index contributed by atoms with van der Waals surface area (Å²) in [5.74, 6) is 0.130. The number of carboxylic acids is 1. The zero-order valence-electron chi connectivity index (χ0n) is 12.9. The predicted molar refractivity (Wildman–Crippen MR) is 78.8 cm³/mol. The van der Waals surface area contributed by atoms with Crippen molar-refractivity contribution in [1.29, 1.82) is 0 Å². The number of hydrogen-bond donors (Lipinski definition) is 2. The van der Waals surface area contributed by atoms with E-state index in [4.69, 9.17) is 0 Å². The van der Waals surface area contributed by atoms with E-state index in [9.17, 15) is 14.7 Å². The highest BCUT2D eigenvalue weighted by Gasteiger charge is 2.52. The van der Waals surface area contributed by atoms with E-state index in [2.05, 4.69) is 5.32 Å². The van der Waals surface area contributed by atoms with Crippen LogP contribution < -0.4 is 5.32 Å². The Bertz CT molecular complexity index is 433.